The molecular weight excluding hydrogens is 294 g/mol. The molecule has 23 heavy (non-hydrogen) atoms. The van der Waals surface area contributed by atoms with Gasteiger partial charge >= 0.3 is 0 Å². The van der Waals surface area contributed by atoms with Crippen LogP contribution < -0.4 is 5.32 Å². The molecule has 0 spiro atoms. The van der Waals surface area contributed by atoms with E-state index < -0.39 is 0 Å². The second-order valence-corrected chi connectivity index (χ2v) is 5.25. The quantitative estimate of drug-likeness (QED) is 0.757. The number of carbonyl (C=O) groups is 1. The van der Waals surface area contributed by atoms with Crippen LogP contribution in [-0.4, -0.2) is 16.0 Å². The van der Waals surface area contributed by atoms with Gasteiger partial charge in [0, 0.05) is 19.4 Å². The van der Waals surface area contributed by atoms with E-state index in [2.05, 4.69) is 15.5 Å². The first kappa shape index (κ1) is 15.0. The molecule has 1 amide bonds. The second-order valence-electron chi connectivity index (χ2n) is 5.25. The van der Waals surface area contributed by atoms with Crippen molar-refractivity contribution in [2.75, 3.05) is 0 Å². The average Bonchev–Trinajstić information content (AvgIpc) is 3.22. The SMILES string of the molecule is Cc1cccc(CNC(=O)CCc2nc(-c3ccco3)no2)c1. The van der Waals surface area contributed by atoms with E-state index in [4.69, 9.17) is 8.94 Å². The van der Waals surface area contributed by atoms with Gasteiger partial charge in [-0.05, 0) is 24.6 Å². The lowest BCUT2D eigenvalue weighted by atomic mass is 10.1. The van der Waals surface area contributed by atoms with Crippen molar-refractivity contribution in [2.24, 2.45) is 0 Å². The van der Waals surface area contributed by atoms with Crippen LogP contribution in [0.15, 0.2) is 51.6 Å². The zero-order chi connectivity index (χ0) is 16.1. The molecule has 3 aromatic rings. The molecule has 0 aliphatic carbocycles. The monoisotopic (exact) mass is 311 g/mol. The summed E-state index contributed by atoms with van der Waals surface area (Å²) in [5, 5.41) is 6.71. The van der Waals surface area contributed by atoms with E-state index in [0.29, 0.717) is 36.9 Å². The molecule has 118 valence electrons. The summed E-state index contributed by atoms with van der Waals surface area (Å²) in [6.45, 7) is 2.54. The Kier molecular flexibility index (Phi) is 4.52. The number of rotatable bonds is 6. The minimum Gasteiger partial charge on any atom is -0.461 e. The zero-order valence-electron chi connectivity index (χ0n) is 12.8. The number of hydrogen-bond acceptors (Lipinski definition) is 5. The summed E-state index contributed by atoms with van der Waals surface area (Å²) in [7, 11) is 0. The predicted molar refractivity (Wildman–Crippen MR) is 83.3 cm³/mol. The molecule has 6 nitrogen and oxygen atoms in total. The van der Waals surface area contributed by atoms with Gasteiger partial charge in [0.05, 0.1) is 6.26 Å². The van der Waals surface area contributed by atoms with Crippen LogP contribution in [0, 0.1) is 6.92 Å². The van der Waals surface area contributed by atoms with Crippen LogP contribution >= 0.6 is 0 Å². The lowest BCUT2D eigenvalue weighted by Gasteiger charge is -2.05. The van der Waals surface area contributed by atoms with Crippen molar-refractivity contribution in [1.82, 2.24) is 15.5 Å². The highest BCUT2D eigenvalue weighted by Crippen LogP contribution is 2.16. The van der Waals surface area contributed by atoms with Crippen molar-refractivity contribution in [2.45, 2.75) is 26.3 Å². The fourth-order valence-corrected chi connectivity index (χ4v) is 2.19. The van der Waals surface area contributed by atoms with Gasteiger partial charge in [-0.3, -0.25) is 4.79 Å². The predicted octanol–water partition coefficient (Wildman–Crippen LogP) is 2.89. The molecule has 6 heteroatoms. The number of hydrogen-bond donors (Lipinski definition) is 1. The van der Waals surface area contributed by atoms with Crippen molar-refractivity contribution < 1.29 is 13.7 Å². The maximum atomic E-state index is 11.9. The molecule has 0 fully saturated rings. The van der Waals surface area contributed by atoms with E-state index in [1.165, 1.54) is 5.56 Å². The smallest absolute Gasteiger partial charge is 0.238 e. The number of carbonyl (C=O) groups excluding carboxylic acids is 1. The van der Waals surface area contributed by atoms with Gasteiger partial charge in [-0.2, -0.15) is 4.98 Å². The summed E-state index contributed by atoms with van der Waals surface area (Å²) in [5.74, 6) is 1.31. The van der Waals surface area contributed by atoms with Gasteiger partial charge in [-0.1, -0.05) is 35.0 Å². The fraction of sp³-hybridized carbons (Fsp3) is 0.235. The minimum absolute atomic E-state index is 0.0516. The number of furan rings is 1. The molecule has 0 bridgehead atoms. The van der Waals surface area contributed by atoms with Crippen LogP contribution in [0.3, 0.4) is 0 Å². The van der Waals surface area contributed by atoms with Gasteiger partial charge in [0.1, 0.15) is 0 Å². The largest absolute Gasteiger partial charge is 0.461 e. The highest BCUT2D eigenvalue weighted by molar-refractivity contribution is 5.76. The maximum absolute atomic E-state index is 11.9. The summed E-state index contributed by atoms with van der Waals surface area (Å²) in [4.78, 5) is 16.1. The van der Waals surface area contributed by atoms with Crippen LogP contribution in [0.5, 0.6) is 0 Å². The molecule has 0 radical (unpaired) electrons. The van der Waals surface area contributed by atoms with Crippen molar-refractivity contribution >= 4 is 5.91 Å². The number of amides is 1. The molecule has 0 aliphatic rings. The Morgan fingerprint density at radius 1 is 1.26 bits per heavy atom. The molecule has 0 saturated heterocycles. The number of nitrogens with one attached hydrogen (secondary N) is 1. The van der Waals surface area contributed by atoms with E-state index in [-0.39, 0.29) is 5.91 Å². The van der Waals surface area contributed by atoms with E-state index in [1.54, 1.807) is 18.4 Å². The van der Waals surface area contributed by atoms with Crippen LogP contribution in [-0.2, 0) is 17.8 Å². The van der Waals surface area contributed by atoms with Gasteiger partial charge in [-0.25, -0.2) is 0 Å². The van der Waals surface area contributed by atoms with E-state index in [0.717, 1.165) is 5.56 Å². The Balaban J connectivity index is 1.47. The molecule has 0 saturated carbocycles. The zero-order valence-corrected chi connectivity index (χ0v) is 12.8. The Hall–Kier alpha value is -2.89. The summed E-state index contributed by atoms with van der Waals surface area (Å²) in [6.07, 6.45) is 2.24. The van der Waals surface area contributed by atoms with E-state index in [1.807, 2.05) is 31.2 Å². The first-order chi connectivity index (χ1) is 11.2. The Morgan fingerprint density at radius 2 is 2.17 bits per heavy atom. The standard InChI is InChI=1S/C17H17N3O3/c1-12-4-2-5-13(10-12)11-18-15(21)7-8-16-19-17(20-23-16)14-6-3-9-22-14/h2-6,9-10H,7-8,11H2,1H3,(H,18,21). The molecule has 2 aromatic heterocycles. The molecular formula is C17H17N3O3. The summed E-state index contributed by atoms with van der Waals surface area (Å²) in [6, 6.07) is 11.5. The Bertz CT molecular complexity index is 778. The number of benzene rings is 1. The van der Waals surface area contributed by atoms with Crippen molar-refractivity contribution in [3.05, 3.63) is 59.7 Å². The minimum atomic E-state index is -0.0516. The third kappa shape index (κ3) is 4.06. The van der Waals surface area contributed by atoms with Gasteiger partial charge in [0.25, 0.3) is 0 Å². The summed E-state index contributed by atoms with van der Waals surface area (Å²) < 4.78 is 10.3. The van der Waals surface area contributed by atoms with Crippen LogP contribution in [0.2, 0.25) is 0 Å². The van der Waals surface area contributed by atoms with Crippen LogP contribution in [0.4, 0.5) is 0 Å². The van der Waals surface area contributed by atoms with Crippen LogP contribution in [0.1, 0.15) is 23.4 Å². The van der Waals surface area contributed by atoms with Crippen molar-refractivity contribution in [1.29, 1.82) is 0 Å². The highest BCUT2D eigenvalue weighted by atomic mass is 16.5. The molecule has 0 aliphatic heterocycles. The van der Waals surface area contributed by atoms with Gasteiger partial charge in [0.2, 0.25) is 17.6 Å². The maximum Gasteiger partial charge on any atom is 0.238 e. The number of aryl methyl sites for hydroxylation is 2. The van der Waals surface area contributed by atoms with E-state index in [9.17, 15) is 4.79 Å². The summed E-state index contributed by atoms with van der Waals surface area (Å²) >= 11 is 0. The number of aromatic nitrogens is 2. The summed E-state index contributed by atoms with van der Waals surface area (Å²) in [5.41, 5.74) is 2.25. The van der Waals surface area contributed by atoms with Gasteiger partial charge < -0.3 is 14.3 Å². The first-order valence-electron chi connectivity index (χ1n) is 7.39. The van der Waals surface area contributed by atoms with Gasteiger partial charge in [0.15, 0.2) is 5.76 Å². The molecule has 2 heterocycles. The van der Waals surface area contributed by atoms with Gasteiger partial charge in [-0.15, -0.1) is 0 Å². The molecule has 3 rings (SSSR count). The molecule has 0 unspecified atom stereocenters. The Morgan fingerprint density at radius 3 is 2.96 bits per heavy atom. The van der Waals surface area contributed by atoms with Crippen LogP contribution in [0.25, 0.3) is 11.6 Å². The Labute approximate surface area is 133 Å². The van der Waals surface area contributed by atoms with E-state index >= 15 is 0 Å². The third-order valence-corrected chi connectivity index (χ3v) is 3.35. The molecule has 1 aromatic carbocycles. The third-order valence-electron chi connectivity index (χ3n) is 3.35. The average molecular weight is 311 g/mol. The van der Waals surface area contributed by atoms with Crippen molar-refractivity contribution in [3.8, 4) is 11.6 Å². The highest BCUT2D eigenvalue weighted by Gasteiger charge is 2.12. The molecule has 1 N–H and O–H groups in total. The topological polar surface area (TPSA) is 81.2 Å². The number of nitrogens with zero attached hydrogens (tertiary/aromatic N) is 2. The fourth-order valence-electron chi connectivity index (χ4n) is 2.19. The second kappa shape index (κ2) is 6.91. The lowest BCUT2D eigenvalue weighted by Crippen LogP contribution is -2.23. The molecule has 0 atom stereocenters. The first-order valence-corrected chi connectivity index (χ1v) is 7.39. The normalized spacial score (nSPS) is 10.7. The van der Waals surface area contributed by atoms with Crippen molar-refractivity contribution in [3.63, 3.8) is 0 Å². The lowest BCUT2D eigenvalue weighted by molar-refractivity contribution is -0.121.